The zero-order chi connectivity index (χ0) is 8.55. The number of aliphatic hydroxyl groups is 1. The van der Waals surface area contributed by atoms with E-state index in [0.717, 1.165) is 0 Å². The third kappa shape index (κ3) is 1.15. The van der Waals surface area contributed by atoms with Crippen molar-refractivity contribution >= 4 is 0 Å². The number of azide groups is 1. The molecule has 2 aliphatic heterocycles. The van der Waals surface area contributed by atoms with Gasteiger partial charge in [0.1, 0.15) is 6.10 Å². The summed E-state index contributed by atoms with van der Waals surface area (Å²) in [4.78, 5) is 2.66. The third-order valence-corrected chi connectivity index (χ3v) is 2.16. The quantitative estimate of drug-likeness (QED) is 0.346. The predicted molar refractivity (Wildman–Crippen MR) is 38.2 cm³/mol. The van der Waals surface area contributed by atoms with Crippen LogP contribution in [0.4, 0.5) is 0 Å². The van der Waals surface area contributed by atoms with Crippen LogP contribution in [-0.4, -0.2) is 36.3 Å². The molecule has 0 aromatic rings. The van der Waals surface area contributed by atoms with Crippen LogP contribution in [0.15, 0.2) is 5.11 Å². The lowest BCUT2D eigenvalue weighted by Gasteiger charge is -2.27. The second-order valence-electron chi connectivity index (χ2n) is 2.95. The van der Waals surface area contributed by atoms with Gasteiger partial charge in [0.2, 0.25) is 0 Å². The van der Waals surface area contributed by atoms with Gasteiger partial charge in [0.15, 0.2) is 6.29 Å². The van der Waals surface area contributed by atoms with E-state index in [4.69, 9.17) is 15.0 Å². The van der Waals surface area contributed by atoms with E-state index in [9.17, 15) is 5.11 Å². The first-order valence-electron chi connectivity index (χ1n) is 3.80. The normalized spacial score (nSPS) is 45.4. The molecule has 0 amide bonds. The van der Waals surface area contributed by atoms with Crippen molar-refractivity contribution in [2.45, 2.75) is 31.0 Å². The Kier molecular flexibility index (Phi) is 1.90. The Balaban J connectivity index is 2.11. The zero-order valence-corrected chi connectivity index (χ0v) is 6.33. The van der Waals surface area contributed by atoms with Crippen LogP contribution in [0.5, 0.6) is 0 Å². The number of hydrogen-bond acceptors (Lipinski definition) is 4. The van der Waals surface area contributed by atoms with E-state index in [1.54, 1.807) is 0 Å². The second kappa shape index (κ2) is 2.91. The molecule has 0 aromatic carbocycles. The molecule has 0 aromatic heterocycles. The van der Waals surface area contributed by atoms with Crippen LogP contribution in [0.1, 0.15) is 6.42 Å². The Hall–Kier alpha value is -0.810. The molecule has 2 saturated heterocycles. The minimum atomic E-state index is -0.570. The van der Waals surface area contributed by atoms with Crippen molar-refractivity contribution in [3.8, 4) is 0 Å². The Morgan fingerprint density at radius 1 is 1.58 bits per heavy atom. The molecule has 0 unspecified atom stereocenters. The summed E-state index contributed by atoms with van der Waals surface area (Å²) < 4.78 is 10.4. The van der Waals surface area contributed by atoms with E-state index < -0.39 is 12.4 Å². The van der Waals surface area contributed by atoms with Crippen molar-refractivity contribution in [2.75, 3.05) is 6.61 Å². The molecule has 6 heteroatoms. The lowest BCUT2D eigenvalue weighted by Crippen LogP contribution is -2.40. The summed E-state index contributed by atoms with van der Waals surface area (Å²) in [7, 11) is 0. The van der Waals surface area contributed by atoms with E-state index in [1.165, 1.54) is 0 Å². The molecule has 6 nitrogen and oxygen atoms in total. The maximum Gasteiger partial charge on any atom is 0.166 e. The van der Waals surface area contributed by atoms with Gasteiger partial charge in [0, 0.05) is 4.91 Å². The first-order chi connectivity index (χ1) is 5.81. The number of nitrogens with zero attached hydrogens (tertiary/aromatic N) is 3. The van der Waals surface area contributed by atoms with Gasteiger partial charge in [0.25, 0.3) is 0 Å². The van der Waals surface area contributed by atoms with E-state index >= 15 is 0 Å². The molecule has 0 radical (unpaired) electrons. The number of hydrogen-bond donors (Lipinski definition) is 1. The second-order valence-corrected chi connectivity index (χ2v) is 2.95. The summed E-state index contributed by atoms with van der Waals surface area (Å²) in [6.07, 6.45) is -0.826. The molecule has 0 aliphatic carbocycles. The van der Waals surface area contributed by atoms with Gasteiger partial charge in [0.05, 0.1) is 18.8 Å². The topological polar surface area (TPSA) is 87.5 Å². The highest BCUT2D eigenvalue weighted by Crippen LogP contribution is 2.29. The highest BCUT2D eigenvalue weighted by Gasteiger charge is 2.42. The molecular formula is C6H9N3O3. The summed E-state index contributed by atoms with van der Waals surface area (Å²) in [5.74, 6) is 0. The van der Waals surface area contributed by atoms with Crippen LogP contribution in [0.3, 0.4) is 0 Å². The maximum atomic E-state index is 9.40. The fourth-order valence-electron chi connectivity index (χ4n) is 1.52. The first-order valence-corrected chi connectivity index (χ1v) is 3.80. The van der Waals surface area contributed by atoms with Gasteiger partial charge < -0.3 is 14.6 Å². The monoisotopic (exact) mass is 171 g/mol. The van der Waals surface area contributed by atoms with Crippen LogP contribution in [-0.2, 0) is 9.47 Å². The van der Waals surface area contributed by atoms with Gasteiger partial charge >= 0.3 is 0 Å². The van der Waals surface area contributed by atoms with Gasteiger partial charge in [-0.1, -0.05) is 5.11 Å². The van der Waals surface area contributed by atoms with Crippen molar-refractivity contribution in [3.05, 3.63) is 10.4 Å². The summed E-state index contributed by atoms with van der Waals surface area (Å²) in [6, 6.07) is -0.385. The number of fused-ring (bicyclic) bond motifs is 2. The van der Waals surface area contributed by atoms with Crippen molar-refractivity contribution in [3.63, 3.8) is 0 Å². The Morgan fingerprint density at radius 2 is 2.42 bits per heavy atom. The van der Waals surface area contributed by atoms with Crippen LogP contribution in [0.25, 0.3) is 10.4 Å². The smallest absolute Gasteiger partial charge is 0.166 e. The molecule has 2 fully saturated rings. The van der Waals surface area contributed by atoms with Crippen LogP contribution < -0.4 is 0 Å². The SMILES string of the molecule is [N-]=[N+]=N[C@H]1C[C@H](O)[C@H]2CO[C@@H]1O2. The van der Waals surface area contributed by atoms with Crippen molar-refractivity contribution in [2.24, 2.45) is 5.11 Å². The lowest BCUT2D eigenvalue weighted by molar-refractivity contribution is -0.130. The Morgan fingerprint density at radius 3 is 3.17 bits per heavy atom. The lowest BCUT2D eigenvalue weighted by atomic mass is 10.0. The summed E-state index contributed by atoms with van der Waals surface area (Å²) in [5.41, 5.74) is 8.20. The maximum absolute atomic E-state index is 9.40. The summed E-state index contributed by atoms with van der Waals surface area (Å²) >= 11 is 0. The molecule has 0 saturated carbocycles. The minimum Gasteiger partial charge on any atom is -0.390 e. The molecule has 2 aliphatic rings. The van der Waals surface area contributed by atoms with Crippen molar-refractivity contribution in [1.82, 2.24) is 0 Å². The number of ether oxygens (including phenoxy) is 2. The van der Waals surface area contributed by atoms with Crippen molar-refractivity contribution < 1.29 is 14.6 Å². The highest BCUT2D eigenvalue weighted by atomic mass is 16.7. The molecule has 1 N–H and O–H groups in total. The zero-order valence-electron chi connectivity index (χ0n) is 6.33. The van der Waals surface area contributed by atoms with Gasteiger partial charge in [-0.3, -0.25) is 0 Å². The van der Waals surface area contributed by atoms with Crippen molar-refractivity contribution in [1.29, 1.82) is 0 Å². The molecule has 12 heavy (non-hydrogen) atoms. The first kappa shape index (κ1) is 7.82. The van der Waals surface area contributed by atoms with E-state index in [1.807, 2.05) is 0 Å². The average Bonchev–Trinajstić information content (AvgIpc) is 2.46. The van der Waals surface area contributed by atoms with Crippen LogP contribution >= 0.6 is 0 Å². The van der Waals surface area contributed by atoms with E-state index in [0.29, 0.717) is 13.0 Å². The molecule has 0 spiro atoms. The van der Waals surface area contributed by atoms with Gasteiger partial charge in [-0.05, 0) is 12.0 Å². The fourth-order valence-corrected chi connectivity index (χ4v) is 1.52. The van der Waals surface area contributed by atoms with Crippen LogP contribution in [0.2, 0.25) is 0 Å². The number of aliphatic hydroxyl groups excluding tert-OH is 1. The largest absolute Gasteiger partial charge is 0.390 e. The van der Waals surface area contributed by atoms with Gasteiger partial charge in [-0.15, -0.1) is 0 Å². The standard InChI is InChI=1S/C6H9N3O3/c7-9-8-3-1-4(10)5-2-11-6(3)12-5/h3-6,10H,1-2H2/t3-,4-,5+,6+/m0/s1. The highest BCUT2D eigenvalue weighted by molar-refractivity contribution is 4.89. The Bertz CT molecular complexity index is 228. The molecular weight excluding hydrogens is 162 g/mol. The molecule has 66 valence electrons. The minimum absolute atomic E-state index is 0.236. The van der Waals surface area contributed by atoms with Crippen LogP contribution in [0, 0.1) is 0 Å². The van der Waals surface area contributed by atoms with Gasteiger partial charge in [-0.2, -0.15) is 0 Å². The average molecular weight is 171 g/mol. The molecule has 2 bridgehead atoms. The summed E-state index contributed by atoms with van der Waals surface area (Å²) in [6.45, 7) is 0.392. The number of rotatable bonds is 1. The summed E-state index contributed by atoms with van der Waals surface area (Å²) in [5, 5.41) is 12.9. The fraction of sp³-hybridized carbons (Fsp3) is 1.00. The van der Waals surface area contributed by atoms with Gasteiger partial charge in [-0.25, -0.2) is 0 Å². The molecule has 2 heterocycles. The third-order valence-electron chi connectivity index (χ3n) is 2.16. The van der Waals surface area contributed by atoms with E-state index in [2.05, 4.69) is 10.0 Å². The predicted octanol–water partition coefficient (Wildman–Crippen LogP) is 0.171. The molecule has 4 atom stereocenters. The Labute approximate surface area is 68.7 Å². The van der Waals surface area contributed by atoms with E-state index in [-0.39, 0.29) is 12.1 Å². The molecule has 2 rings (SSSR count).